The predicted octanol–water partition coefficient (Wildman–Crippen LogP) is 1.00. The van der Waals surface area contributed by atoms with Gasteiger partial charge in [-0.15, -0.1) is 0 Å². The van der Waals surface area contributed by atoms with Gasteiger partial charge in [-0.1, -0.05) is 25.1 Å². The van der Waals surface area contributed by atoms with Crippen LogP contribution in [0, 0.1) is 0 Å². The van der Waals surface area contributed by atoms with Crippen molar-refractivity contribution in [3.63, 3.8) is 0 Å². The van der Waals surface area contributed by atoms with Gasteiger partial charge in [-0.05, 0) is 18.1 Å². The molecule has 0 bridgehead atoms. The van der Waals surface area contributed by atoms with Crippen molar-refractivity contribution in [2.75, 3.05) is 5.32 Å². The first-order valence-electron chi connectivity index (χ1n) is 3.80. The summed E-state index contributed by atoms with van der Waals surface area (Å²) in [6.07, 6.45) is -0.466. The highest BCUT2D eigenvalue weighted by Crippen LogP contribution is 2.14. The summed E-state index contributed by atoms with van der Waals surface area (Å²) in [6.45, 7) is 1.97. The highest BCUT2D eigenvalue weighted by molar-refractivity contribution is 5.82. The van der Waals surface area contributed by atoms with E-state index in [0.717, 1.165) is 12.0 Å². The van der Waals surface area contributed by atoms with Crippen LogP contribution in [0.3, 0.4) is 0 Å². The summed E-state index contributed by atoms with van der Waals surface area (Å²) in [6, 6.07) is 7.25. The third-order valence-corrected chi connectivity index (χ3v) is 1.63. The molecule has 0 saturated carbocycles. The number of anilines is 1. The van der Waals surface area contributed by atoms with Crippen molar-refractivity contribution >= 4 is 11.8 Å². The van der Waals surface area contributed by atoms with E-state index in [1.165, 1.54) is 0 Å². The second-order valence-corrected chi connectivity index (χ2v) is 2.42. The van der Waals surface area contributed by atoms with Crippen molar-refractivity contribution < 1.29 is 9.90 Å². The van der Waals surface area contributed by atoms with Gasteiger partial charge in [-0.2, -0.15) is 0 Å². The molecule has 0 unspecified atom stereocenters. The van der Waals surface area contributed by atoms with Crippen LogP contribution < -0.4 is 10.4 Å². The van der Waals surface area contributed by atoms with Gasteiger partial charge < -0.3 is 15.2 Å². The van der Waals surface area contributed by atoms with Gasteiger partial charge in [0.15, 0.2) is 0 Å². The predicted molar refractivity (Wildman–Crippen MR) is 44.8 cm³/mol. The van der Waals surface area contributed by atoms with Gasteiger partial charge in [-0.3, -0.25) is 0 Å². The van der Waals surface area contributed by atoms with Crippen molar-refractivity contribution in [1.82, 2.24) is 0 Å². The molecule has 0 aliphatic carbocycles. The first-order valence-corrected chi connectivity index (χ1v) is 3.80. The standard InChI is InChI=1S/C9H11NO2/c1-2-7-5-3-4-6-8(7)10-9(11)12/h3-6,10H,2H2,1H3,(H,11,12)/p-1. The first-order chi connectivity index (χ1) is 5.74. The highest BCUT2D eigenvalue weighted by Gasteiger charge is 1.97. The Morgan fingerprint density at radius 2 is 2.17 bits per heavy atom. The molecule has 0 saturated heterocycles. The number of carboxylic acid groups (broad SMARTS) is 1. The Kier molecular flexibility index (Phi) is 2.69. The number of hydrogen-bond acceptors (Lipinski definition) is 2. The summed E-state index contributed by atoms with van der Waals surface area (Å²) in [5.41, 5.74) is 1.58. The monoisotopic (exact) mass is 164 g/mol. The second kappa shape index (κ2) is 3.76. The van der Waals surface area contributed by atoms with Crippen LogP contribution in [0.15, 0.2) is 24.3 Å². The van der Waals surface area contributed by atoms with Crippen molar-refractivity contribution in [1.29, 1.82) is 0 Å². The van der Waals surface area contributed by atoms with Crippen LogP contribution in [0.1, 0.15) is 12.5 Å². The number of carbonyl (C=O) groups excluding carboxylic acids is 1. The van der Waals surface area contributed by atoms with Crippen LogP contribution in [0.25, 0.3) is 0 Å². The van der Waals surface area contributed by atoms with Crippen LogP contribution in [-0.4, -0.2) is 6.09 Å². The summed E-state index contributed by atoms with van der Waals surface area (Å²) in [5, 5.41) is 12.4. The zero-order valence-electron chi connectivity index (χ0n) is 6.83. The summed E-state index contributed by atoms with van der Waals surface area (Å²) in [5.74, 6) is 0. The SMILES string of the molecule is CCc1ccccc1NC(=O)[O-]. The van der Waals surface area contributed by atoms with Crippen molar-refractivity contribution in [3.05, 3.63) is 29.8 Å². The molecule has 1 amide bonds. The van der Waals surface area contributed by atoms with Crippen LogP contribution in [0.5, 0.6) is 0 Å². The van der Waals surface area contributed by atoms with Crippen LogP contribution >= 0.6 is 0 Å². The van der Waals surface area contributed by atoms with Crippen LogP contribution in [-0.2, 0) is 6.42 Å². The number of rotatable bonds is 2. The van der Waals surface area contributed by atoms with E-state index in [2.05, 4.69) is 5.32 Å². The highest BCUT2D eigenvalue weighted by atomic mass is 16.4. The molecule has 0 heterocycles. The number of hydrogen-bond donors (Lipinski definition) is 1. The molecule has 0 fully saturated rings. The molecule has 0 aromatic heterocycles. The van der Waals surface area contributed by atoms with E-state index in [1.54, 1.807) is 12.1 Å². The lowest BCUT2D eigenvalue weighted by Crippen LogP contribution is -2.29. The second-order valence-electron chi connectivity index (χ2n) is 2.42. The maximum atomic E-state index is 10.2. The van der Waals surface area contributed by atoms with Crippen molar-refractivity contribution in [2.45, 2.75) is 13.3 Å². The minimum atomic E-state index is -1.27. The lowest BCUT2D eigenvalue weighted by atomic mass is 10.1. The number of carbonyl (C=O) groups is 1. The summed E-state index contributed by atoms with van der Waals surface area (Å²) < 4.78 is 0. The van der Waals surface area contributed by atoms with Crippen molar-refractivity contribution in [3.8, 4) is 0 Å². The van der Waals surface area contributed by atoms with Gasteiger partial charge >= 0.3 is 0 Å². The smallest absolute Gasteiger partial charge is 0.138 e. The summed E-state index contributed by atoms with van der Waals surface area (Å²) in [7, 11) is 0. The Morgan fingerprint density at radius 1 is 1.50 bits per heavy atom. The normalized spacial score (nSPS) is 9.42. The molecule has 1 N–H and O–H groups in total. The van der Waals surface area contributed by atoms with E-state index in [4.69, 9.17) is 0 Å². The molecule has 3 heteroatoms. The van der Waals surface area contributed by atoms with Crippen molar-refractivity contribution in [2.24, 2.45) is 0 Å². The molecule has 0 radical (unpaired) electrons. The fraction of sp³-hybridized carbons (Fsp3) is 0.222. The minimum absolute atomic E-state index is 0.611. The lowest BCUT2D eigenvalue weighted by molar-refractivity contribution is -0.242. The molecular formula is C9H10NO2-. The maximum Gasteiger partial charge on any atom is 0.138 e. The zero-order valence-corrected chi connectivity index (χ0v) is 6.83. The minimum Gasteiger partial charge on any atom is -0.530 e. The lowest BCUT2D eigenvalue weighted by Gasteiger charge is -2.10. The summed E-state index contributed by atoms with van der Waals surface area (Å²) in [4.78, 5) is 10.2. The average Bonchev–Trinajstić information content (AvgIpc) is 2.04. The molecule has 1 aromatic carbocycles. The van der Waals surface area contributed by atoms with Gasteiger partial charge in [0.2, 0.25) is 0 Å². The molecule has 0 spiro atoms. The molecule has 0 atom stereocenters. The molecule has 1 rings (SSSR count). The fourth-order valence-electron chi connectivity index (χ4n) is 1.06. The Labute approximate surface area is 71.0 Å². The summed E-state index contributed by atoms with van der Waals surface area (Å²) >= 11 is 0. The van der Waals surface area contributed by atoms with Gasteiger partial charge in [-0.25, -0.2) is 0 Å². The van der Waals surface area contributed by atoms with Gasteiger partial charge in [0, 0.05) is 5.69 Å². The van der Waals surface area contributed by atoms with Crippen LogP contribution in [0.2, 0.25) is 0 Å². The van der Waals surface area contributed by atoms with E-state index < -0.39 is 6.09 Å². The number of aryl methyl sites for hydroxylation is 1. The number of nitrogens with one attached hydrogen (secondary N) is 1. The van der Waals surface area contributed by atoms with Crippen LogP contribution in [0.4, 0.5) is 10.5 Å². The quantitative estimate of drug-likeness (QED) is 0.709. The van der Waals surface area contributed by atoms with E-state index in [9.17, 15) is 9.90 Å². The number of para-hydroxylation sites is 1. The Balaban J connectivity index is 2.89. The van der Waals surface area contributed by atoms with E-state index in [0.29, 0.717) is 5.69 Å². The number of amides is 1. The third kappa shape index (κ3) is 1.99. The molecule has 64 valence electrons. The molecule has 1 aromatic rings. The van der Waals surface area contributed by atoms with Gasteiger partial charge in [0.25, 0.3) is 0 Å². The fourth-order valence-corrected chi connectivity index (χ4v) is 1.06. The maximum absolute atomic E-state index is 10.2. The Hall–Kier alpha value is -1.51. The van der Waals surface area contributed by atoms with Gasteiger partial charge in [0.1, 0.15) is 6.09 Å². The molecule has 3 nitrogen and oxygen atoms in total. The molecule has 0 aliphatic heterocycles. The van der Waals surface area contributed by atoms with E-state index >= 15 is 0 Å². The molecule has 12 heavy (non-hydrogen) atoms. The zero-order chi connectivity index (χ0) is 8.97. The van der Waals surface area contributed by atoms with E-state index in [-0.39, 0.29) is 0 Å². The topological polar surface area (TPSA) is 52.2 Å². The Morgan fingerprint density at radius 3 is 2.75 bits per heavy atom. The van der Waals surface area contributed by atoms with E-state index in [1.807, 2.05) is 19.1 Å². The molecular weight excluding hydrogens is 154 g/mol. The third-order valence-electron chi connectivity index (χ3n) is 1.63. The first kappa shape index (κ1) is 8.59. The molecule has 0 aliphatic rings. The largest absolute Gasteiger partial charge is 0.530 e. The van der Waals surface area contributed by atoms with Gasteiger partial charge in [0.05, 0.1) is 0 Å². The average molecular weight is 164 g/mol. The Bertz CT molecular complexity index is 284. The number of benzene rings is 1.